The van der Waals surface area contributed by atoms with Crippen LogP contribution in [-0.2, 0) is 20.8 Å². The number of methoxy groups -OCH3 is 1. The number of nitrogens with one attached hydrogen (secondary N) is 1. The molecule has 2 rings (SSSR count). The molecule has 1 aromatic carbocycles. The Labute approximate surface area is 163 Å². The third-order valence-corrected chi connectivity index (χ3v) is 4.99. The van der Waals surface area contributed by atoms with E-state index in [4.69, 9.17) is 9.47 Å². The lowest BCUT2D eigenvalue weighted by atomic mass is 9.97. The van der Waals surface area contributed by atoms with Crippen molar-refractivity contribution in [3.05, 3.63) is 35.9 Å². The molecule has 1 N–H and O–H groups in total. The van der Waals surface area contributed by atoms with Crippen molar-refractivity contribution in [2.75, 3.05) is 66.7 Å². The molecule has 1 fully saturated rings. The van der Waals surface area contributed by atoms with Crippen LogP contribution in [0.4, 0.5) is 0 Å². The zero-order chi connectivity index (χ0) is 19.3. The van der Waals surface area contributed by atoms with Crippen LogP contribution >= 0.6 is 0 Å². The quantitative estimate of drug-likeness (QED) is 0.561. The first kappa shape index (κ1) is 21.8. The smallest absolute Gasteiger partial charge is 0.234 e. The molecule has 1 aromatic rings. The van der Waals surface area contributed by atoms with Crippen molar-refractivity contribution < 1.29 is 14.3 Å². The molecule has 0 aliphatic carbocycles. The molecule has 27 heavy (non-hydrogen) atoms. The van der Waals surface area contributed by atoms with E-state index in [1.165, 1.54) is 5.56 Å². The van der Waals surface area contributed by atoms with Gasteiger partial charge in [-0.2, -0.15) is 0 Å². The van der Waals surface area contributed by atoms with Gasteiger partial charge in [0.25, 0.3) is 0 Å². The Morgan fingerprint density at radius 3 is 2.63 bits per heavy atom. The topological polar surface area (TPSA) is 54.0 Å². The van der Waals surface area contributed by atoms with Crippen molar-refractivity contribution in [2.24, 2.45) is 5.92 Å². The summed E-state index contributed by atoms with van der Waals surface area (Å²) in [6.07, 6.45) is 2.27. The van der Waals surface area contributed by atoms with Crippen LogP contribution in [0.2, 0.25) is 0 Å². The van der Waals surface area contributed by atoms with Gasteiger partial charge in [0.05, 0.1) is 26.4 Å². The van der Waals surface area contributed by atoms with E-state index in [1.54, 1.807) is 7.11 Å². The van der Waals surface area contributed by atoms with E-state index in [9.17, 15) is 4.79 Å². The van der Waals surface area contributed by atoms with Crippen LogP contribution in [-0.4, -0.2) is 82.4 Å². The minimum Gasteiger partial charge on any atom is -0.382 e. The monoisotopic (exact) mass is 377 g/mol. The average molecular weight is 378 g/mol. The summed E-state index contributed by atoms with van der Waals surface area (Å²) in [5.74, 6) is 0.696. The summed E-state index contributed by atoms with van der Waals surface area (Å²) in [5, 5.41) is 3.11. The second-order valence-corrected chi connectivity index (χ2v) is 7.35. The Bertz CT molecular complexity index is 519. The highest BCUT2D eigenvalue weighted by molar-refractivity contribution is 5.77. The summed E-state index contributed by atoms with van der Waals surface area (Å²) in [5.41, 5.74) is 1.23. The van der Waals surface area contributed by atoms with E-state index < -0.39 is 0 Å². The molecule has 0 saturated carbocycles. The van der Waals surface area contributed by atoms with Gasteiger partial charge in [0.1, 0.15) is 0 Å². The molecular formula is C21H35N3O3. The molecule has 0 atom stereocenters. The Morgan fingerprint density at radius 2 is 1.93 bits per heavy atom. The molecule has 1 amide bonds. The van der Waals surface area contributed by atoms with Gasteiger partial charge in [0.15, 0.2) is 0 Å². The lowest BCUT2D eigenvalue weighted by Crippen LogP contribution is -2.42. The lowest BCUT2D eigenvalue weighted by Gasteiger charge is -2.32. The SMILES string of the molecule is COCCOCCN1CCC(CNC(=O)CN(C)Cc2ccccc2)CC1. The molecular weight excluding hydrogens is 342 g/mol. The molecule has 152 valence electrons. The number of ether oxygens (including phenoxy) is 2. The number of carbonyl (C=O) groups is 1. The van der Waals surface area contributed by atoms with Crippen molar-refractivity contribution in [2.45, 2.75) is 19.4 Å². The number of carbonyl (C=O) groups excluding carboxylic acids is 1. The van der Waals surface area contributed by atoms with Gasteiger partial charge in [-0.25, -0.2) is 0 Å². The second kappa shape index (κ2) is 12.8. The normalized spacial score (nSPS) is 16.0. The summed E-state index contributed by atoms with van der Waals surface area (Å²) < 4.78 is 10.5. The van der Waals surface area contributed by atoms with Gasteiger partial charge in [-0.05, 0) is 44.5 Å². The molecule has 0 aromatic heterocycles. The summed E-state index contributed by atoms with van der Waals surface area (Å²) in [6.45, 7) is 7.25. The van der Waals surface area contributed by atoms with Gasteiger partial charge in [0, 0.05) is 26.7 Å². The lowest BCUT2D eigenvalue weighted by molar-refractivity contribution is -0.122. The molecule has 1 heterocycles. The summed E-state index contributed by atoms with van der Waals surface area (Å²) in [7, 11) is 3.67. The predicted octanol–water partition coefficient (Wildman–Crippen LogP) is 1.61. The molecule has 6 heteroatoms. The Kier molecular flexibility index (Phi) is 10.4. The Morgan fingerprint density at radius 1 is 1.19 bits per heavy atom. The highest BCUT2D eigenvalue weighted by Gasteiger charge is 2.19. The van der Waals surface area contributed by atoms with Crippen molar-refractivity contribution in [3.63, 3.8) is 0 Å². The van der Waals surface area contributed by atoms with Crippen molar-refractivity contribution in [3.8, 4) is 0 Å². The number of benzene rings is 1. The largest absolute Gasteiger partial charge is 0.382 e. The molecule has 0 spiro atoms. The standard InChI is InChI=1S/C21H35N3O3/c1-23(17-20-6-4-3-5-7-20)18-21(25)22-16-19-8-10-24(11-9-19)12-13-27-15-14-26-2/h3-7,19H,8-18H2,1-2H3,(H,22,25). The fourth-order valence-electron chi connectivity index (χ4n) is 3.36. The highest BCUT2D eigenvalue weighted by atomic mass is 16.5. The zero-order valence-corrected chi connectivity index (χ0v) is 16.9. The maximum Gasteiger partial charge on any atom is 0.234 e. The van der Waals surface area contributed by atoms with Crippen LogP contribution in [0.1, 0.15) is 18.4 Å². The Hall–Kier alpha value is -1.47. The summed E-state index contributed by atoms with van der Waals surface area (Å²) in [4.78, 5) is 16.7. The average Bonchev–Trinajstić information content (AvgIpc) is 2.68. The van der Waals surface area contributed by atoms with Crippen molar-refractivity contribution in [1.29, 1.82) is 0 Å². The first-order valence-electron chi connectivity index (χ1n) is 9.95. The minimum atomic E-state index is 0.113. The van der Waals surface area contributed by atoms with Crippen LogP contribution in [0.3, 0.4) is 0 Å². The van der Waals surface area contributed by atoms with E-state index in [0.717, 1.165) is 52.2 Å². The van der Waals surface area contributed by atoms with E-state index in [-0.39, 0.29) is 5.91 Å². The molecule has 0 unspecified atom stereocenters. The first-order valence-corrected chi connectivity index (χ1v) is 9.95. The number of amides is 1. The second-order valence-electron chi connectivity index (χ2n) is 7.35. The number of likely N-dealkylation sites (tertiary alicyclic amines) is 1. The summed E-state index contributed by atoms with van der Waals surface area (Å²) >= 11 is 0. The zero-order valence-electron chi connectivity index (χ0n) is 16.9. The van der Waals surface area contributed by atoms with E-state index in [1.807, 2.05) is 25.2 Å². The third kappa shape index (κ3) is 9.33. The molecule has 1 aliphatic heterocycles. The van der Waals surface area contributed by atoms with Crippen molar-refractivity contribution in [1.82, 2.24) is 15.1 Å². The maximum absolute atomic E-state index is 12.2. The molecule has 0 radical (unpaired) electrons. The van der Waals surface area contributed by atoms with Gasteiger partial charge in [-0.3, -0.25) is 9.69 Å². The first-order chi connectivity index (χ1) is 13.2. The highest BCUT2D eigenvalue weighted by Crippen LogP contribution is 2.16. The van der Waals surface area contributed by atoms with Gasteiger partial charge in [-0.1, -0.05) is 30.3 Å². The maximum atomic E-state index is 12.2. The third-order valence-electron chi connectivity index (χ3n) is 4.99. The number of rotatable bonds is 12. The van der Waals surface area contributed by atoms with Crippen LogP contribution in [0.15, 0.2) is 30.3 Å². The van der Waals surface area contributed by atoms with Gasteiger partial charge < -0.3 is 19.7 Å². The molecule has 0 bridgehead atoms. The summed E-state index contributed by atoms with van der Waals surface area (Å²) in [6, 6.07) is 10.2. The number of hydrogen-bond acceptors (Lipinski definition) is 5. The Balaban J connectivity index is 1.53. The predicted molar refractivity (Wildman–Crippen MR) is 108 cm³/mol. The van der Waals surface area contributed by atoms with Gasteiger partial charge in [0.2, 0.25) is 5.91 Å². The fraction of sp³-hybridized carbons (Fsp3) is 0.667. The van der Waals surface area contributed by atoms with E-state index >= 15 is 0 Å². The van der Waals surface area contributed by atoms with Gasteiger partial charge >= 0.3 is 0 Å². The molecule has 1 saturated heterocycles. The van der Waals surface area contributed by atoms with E-state index in [2.05, 4.69) is 27.2 Å². The van der Waals surface area contributed by atoms with Crippen LogP contribution in [0.25, 0.3) is 0 Å². The molecule has 1 aliphatic rings. The van der Waals surface area contributed by atoms with Crippen molar-refractivity contribution >= 4 is 5.91 Å². The fourth-order valence-corrected chi connectivity index (χ4v) is 3.36. The number of nitrogens with zero attached hydrogens (tertiary/aromatic N) is 2. The van der Waals surface area contributed by atoms with Crippen LogP contribution < -0.4 is 5.32 Å². The van der Waals surface area contributed by atoms with E-state index in [0.29, 0.717) is 25.7 Å². The molecule has 6 nitrogen and oxygen atoms in total. The minimum absolute atomic E-state index is 0.113. The number of likely N-dealkylation sites (N-methyl/N-ethyl adjacent to an activating group) is 1. The van der Waals surface area contributed by atoms with Crippen LogP contribution in [0.5, 0.6) is 0 Å². The number of hydrogen-bond donors (Lipinski definition) is 1. The van der Waals surface area contributed by atoms with Gasteiger partial charge in [-0.15, -0.1) is 0 Å². The van der Waals surface area contributed by atoms with Crippen LogP contribution in [0, 0.1) is 5.92 Å². The number of piperidine rings is 1.